The highest BCUT2D eigenvalue weighted by Gasteiger charge is 2.40. The van der Waals surface area contributed by atoms with Crippen molar-refractivity contribution in [2.75, 3.05) is 9.62 Å². The Hall–Kier alpha value is -3.84. The van der Waals surface area contributed by atoms with Crippen LogP contribution in [-0.4, -0.2) is 20.4 Å². The summed E-state index contributed by atoms with van der Waals surface area (Å²) in [5.74, 6) is 0.642. The van der Waals surface area contributed by atoms with Crippen molar-refractivity contribution in [1.82, 2.24) is 0 Å². The van der Waals surface area contributed by atoms with Crippen molar-refractivity contribution in [2.24, 2.45) is 0 Å². The van der Waals surface area contributed by atoms with Crippen LogP contribution in [0.15, 0.2) is 95.9 Å². The van der Waals surface area contributed by atoms with Crippen molar-refractivity contribution in [3.05, 3.63) is 91.0 Å². The van der Waals surface area contributed by atoms with Crippen LogP contribution in [0.2, 0.25) is 0 Å². The lowest BCUT2D eigenvalue weighted by atomic mass is 10.1. The first-order valence-electron chi connectivity index (χ1n) is 10.2. The molecule has 0 saturated carbocycles. The number of amides is 1. The number of ether oxygens (including phenoxy) is 1. The fraction of sp³-hybridized carbons (Fsp3) is 0.0800. The molecule has 7 heteroatoms. The predicted molar refractivity (Wildman–Crippen MR) is 125 cm³/mol. The summed E-state index contributed by atoms with van der Waals surface area (Å²) in [6.07, 6.45) is 0. The van der Waals surface area contributed by atoms with E-state index in [1.54, 1.807) is 55.5 Å². The first kappa shape index (κ1) is 20.1. The van der Waals surface area contributed by atoms with Crippen molar-refractivity contribution < 1.29 is 17.9 Å². The number of hydrogen-bond donors (Lipinski definition) is 1. The highest BCUT2D eigenvalue weighted by atomic mass is 32.2. The molecule has 1 heterocycles. The van der Waals surface area contributed by atoms with E-state index in [1.807, 2.05) is 42.5 Å². The molecule has 0 aromatic heterocycles. The third-order valence-electron chi connectivity index (χ3n) is 5.47. The number of rotatable bonds is 5. The van der Waals surface area contributed by atoms with Gasteiger partial charge in [0.1, 0.15) is 11.8 Å². The lowest BCUT2D eigenvalue weighted by Crippen LogP contribution is -2.44. The molecule has 5 rings (SSSR count). The number of nitrogens with one attached hydrogen (secondary N) is 1. The van der Waals surface area contributed by atoms with Gasteiger partial charge in [-0.25, -0.2) is 8.42 Å². The number of benzene rings is 4. The van der Waals surface area contributed by atoms with Gasteiger partial charge in [0, 0.05) is 5.39 Å². The SMILES string of the molecule is C[C@@H](C(=O)Nc1ccccc1Oc1ccccc1)N1c2cccc3cccc(c23)S1(=O)=O. The van der Waals surface area contributed by atoms with Crippen LogP contribution < -0.4 is 14.4 Å². The Labute approximate surface area is 186 Å². The number of carbonyl (C=O) groups excluding carboxylic acids is 1. The van der Waals surface area contributed by atoms with Gasteiger partial charge in [-0.1, -0.05) is 54.6 Å². The molecule has 1 aliphatic heterocycles. The molecule has 6 nitrogen and oxygen atoms in total. The van der Waals surface area contributed by atoms with Crippen LogP contribution >= 0.6 is 0 Å². The molecule has 0 fully saturated rings. The van der Waals surface area contributed by atoms with Crippen LogP contribution in [0.4, 0.5) is 11.4 Å². The van der Waals surface area contributed by atoms with E-state index in [0.717, 1.165) is 5.39 Å². The van der Waals surface area contributed by atoms with Crippen LogP contribution in [0.5, 0.6) is 11.5 Å². The van der Waals surface area contributed by atoms with Gasteiger partial charge < -0.3 is 10.1 Å². The zero-order valence-electron chi connectivity index (χ0n) is 17.2. The van der Waals surface area contributed by atoms with Crippen molar-refractivity contribution in [2.45, 2.75) is 17.9 Å². The molecule has 0 aliphatic carbocycles. The van der Waals surface area contributed by atoms with Crippen molar-refractivity contribution >= 4 is 38.1 Å². The Kier molecular flexibility index (Phi) is 4.83. The van der Waals surface area contributed by atoms with Gasteiger partial charge in [0.15, 0.2) is 5.75 Å². The van der Waals surface area contributed by atoms with E-state index in [4.69, 9.17) is 4.74 Å². The largest absolute Gasteiger partial charge is 0.455 e. The lowest BCUT2D eigenvalue weighted by Gasteiger charge is -2.25. The summed E-state index contributed by atoms with van der Waals surface area (Å²) in [5.41, 5.74) is 0.968. The van der Waals surface area contributed by atoms with Crippen LogP contribution in [0.1, 0.15) is 6.92 Å². The minimum absolute atomic E-state index is 0.220. The van der Waals surface area contributed by atoms with E-state index in [9.17, 15) is 13.2 Å². The van der Waals surface area contributed by atoms with Gasteiger partial charge >= 0.3 is 0 Å². The van der Waals surface area contributed by atoms with E-state index in [0.29, 0.717) is 28.3 Å². The summed E-state index contributed by atoms with van der Waals surface area (Å²) >= 11 is 0. The predicted octanol–water partition coefficient (Wildman–Crippen LogP) is 5.17. The second-order valence-corrected chi connectivity index (χ2v) is 9.29. The molecule has 1 amide bonds. The quantitative estimate of drug-likeness (QED) is 0.461. The van der Waals surface area contributed by atoms with Crippen molar-refractivity contribution in [1.29, 1.82) is 0 Å². The molecule has 0 bridgehead atoms. The first-order chi connectivity index (χ1) is 15.5. The van der Waals surface area contributed by atoms with Crippen LogP contribution in [0, 0.1) is 0 Å². The maximum atomic E-state index is 13.3. The summed E-state index contributed by atoms with van der Waals surface area (Å²) in [6.45, 7) is 1.58. The summed E-state index contributed by atoms with van der Waals surface area (Å²) in [7, 11) is -3.85. The molecule has 0 radical (unpaired) electrons. The smallest absolute Gasteiger partial charge is 0.265 e. The Morgan fingerprint density at radius 2 is 1.56 bits per heavy atom. The van der Waals surface area contributed by atoms with E-state index in [1.165, 1.54) is 4.31 Å². The van der Waals surface area contributed by atoms with Crippen molar-refractivity contribution in [3.8, 4) is 11.5 Å². The molecular weight excluding hydrogens is 424 g/mol. The van der Waals surface area contributed by atoms with E-state index in [2.05, 4.69) is 5.32 Å². The van der Waals surface area contributed by atoms with Crippen LogP contribution in [0.3, 0.4) is 0 Å². The van der Waals surface area contributed by atoms with Crippen molar-refractivity contribution in [3.63, 3.8) is 0 Å². The summed E-state index contributed by atoms with van der Waals surface area (Å²) < 4.78 is 33.7. The Morgan fingerprint density at radius 1 is 0.875 bits per heavy atom. The van der Waals surface area contributed by atoms with Gasteiger partial charge in [0.25, 0.3) is 10.0 Å². The average molecular weight is 445 g/mol. The average Bonchev–Trinajstić information content (AvgIpc) is 3.03. The normalized spacial score (nSPS) is 14.8. The highest BCUT2D eigenvalue weighted by molar-refractivity contribution is 7.93. The number of para-hydroxylation sites is 3. The second-order valence-electron chi connectivity index (χ2n) is 7.51. The second kappa shape index (κ2) is 7.69. The minimum Gasteiger partial charge on any atom is -0.455 e. The minimum atomic E-state index is -3.85. The fourth-order valence-corrected chi connectivity index (χ4v) is 5.82. The third kappa shape index (κ3) is 3.27. The molecule has 0 unspecified atom stereocenters. The van der Waals surface area contributed by atoms with Crippen LogP contribution in [-0.2, 0) is 14.8 Å². The Balaban J connectivity index is 1.45. The molecular formula is C25H20N2O4S. The lowest BCUT2D eigenvalue weighted by molar-refractivity contribution is -0.116. The number of hydrogen-bond acceptors (Lipinski definition) is 4. The summed E-state index contributed by atoms with van der Waals surface area (Å²) in [5, 5.41) is 4.29. The summed E-state index contributed by atoms with van der Waals surface area (Å²) in [4.78, 5) is 13.4. The molecule has 32 heavy (non-hydrogen) atoms. The molecule has 1 N–H and O–H groups in total. The monoisotopic (exact) mass is 444 g/mol. The number of carbonyl (C=O) groups is 1. The zero-order chi connectivity index (χ0) is 22.3. The number of nitrogens with zero attached hydrogens (tertiary/aromatic N) is 1. The molecule has 0 saturated heterocycles. The standard InChI is InChI=1S/C25H20N2O4S/c1-17(27-21-14-7-9-18-10-8-16-23(24(18)21)32(27,29)30)25(28)26-20-13-5-6-15-22(20)31-19-11-3-2-4-12-19/h2-17H,1H3,(H,26,28)/t17-/m0/s1. The summed E-state index contributed by atoms with van der Waals surface area (Å²) in [6, 6.07) is 25.9. The third-order valence-corrected chi connectivity index (χ3v) is 7.39. The van der Waals surface area contributed by atoms with E-state index >= 15 is 0 Å². The highest BCUT2D eigenvalue weighted by Crippen LogP contribution is 2.43. The number of sulfonamides is 1. The van der Waals surface area contributed by atoms with Gasteiger partial charge in [-0.3, -0.25) is 9.10 Å². The Bertz CT molecular complexity index is 1430. The molecule has 4 aromatic rings. The number of anilines is 2. The molecule has 1 aliphatic rings. The maximum absolute atomic E-state index is 13.3. The molecule has 1 atom stereocenters. The molecule has 160 valence electrons. The topological polar surface area (TPSA) is 75.7 Å². The van der Waals surface area contributed by atoms with Gasteiger partial charge in [-0.05, 0) is 48.7 Å². The molecule has 4 aromatic carbocycles. The zero-order valence-corrected chi connectivity index (χ0v) is 18.0. The van der Waals surface area contributed by atoms with Crippen LogP contribution in [0.25, 0.3) is 10.8 Å². The first-order valence-corrected chi connectivity index (χ1v) is 11.6. The van der Waals surface area contributed by atoms with Gasteiger partial charge in [0.05, 0.1) is 16.3 Å². The van der Waals surface area contributed by atoms with E-state index in [-0.39, 0.29) is 4.90 Å². The molecule has 0 spiro atoms. The fourth-order valence-electron chi connectivity index (χ4n) is 3.96. The Morgan fingerprint density at radius 3 is 2.34 bits per heavy atom. The van der Waals surface area contributed by atoms with E-state index < -0.39 is 22.0 Å². The van der Waals surface area contributed by atoms with Gasteiger partial charge in [-0.15, -0.1) is 0 Å². The van der Waals surface area contributed by atoms with Gasteiger partial charge in [0.2, 0.25) is 5.91 Å². The van der Waals surface area contributed by atoms with Gasteiger partial charge in [-0.2, -0.15) is 0 Å². The maximum Gasteiger partial charge on any atom is 0.265 e.